The molecular weight excluding hydrogens is 304 g/mol. The summed E-state index contributed by atoms with van der Waals surface area (Å²) >= 11 is 0. The SMILES string of the molecule is CC1CO1.Cc1c(N=C=O)cccc1N=C=O.OCC(O)CO. The van der Waals surface area contributed by atoms with Crippen molar-refractivity contribution in [2.45, 2.75) is 26.1 Å². The van der Waals surface area contributed by atoms with Crippen molar-refractivity contribution in [3.8, 4) is 0 Å². The number of epoxide rings is 1. The summed E-state index contributed by atoms with van der Waals surface area (Å²) in [4.78, 5) is 26.9. The van der Waals surface area contributed by atoms with Gasteiger partial charge in [-0.3, -0.25) is 0 Å². The molecule has 1 unspecified atom stereocenters. The topological polar surface area (TPSA) is 132 Å². The van der Waals surface area contributed by atoms with E-state index in [9.17, 15) is 9.59 Å². The number of isocyanates is 2. The van der Waals surface area contributed by atoms with Gasteiger partial charge in [-0.15, -0.1) is 0 Å². The molecule has 0 saturated carbocycles. The molecule has 23 heavy (non-hydrogen) atoms. The number of aliphatic imine (C=N–C) groups is 2. The summed E-state index contributed by atoms with van der Waals surface area (Å²) in [5.41, 5.74) is 1.59. The molecule has 0 aliphatic carbocycles. The highest BCUT2D eigenvalue weighted by Crippen LogP contribution is 2.26. The Balaban J connectivity index is 0.000000397. The molecular formula is C15H20N2O6. The van der Waals surface area contributed by atoms with Gasteiger partial charge in [0.2, 0.25) is 12.2 Å². The molecule has 1 aliphatic rings. The Morgan fingerprint density at radius 2 is 1.61 bits per heavy atom. The van der Waals surface area contributed by atoms with E-state index in [4.69, 9.17) is 20.1 Å². The molecule has 126 valence electrons. The molecule has 1 heterocycles. The summed E-state index contributed by atoms with van der Waals surface area (Å²) in [7, 11) is 0. The third kappa shape index (κ3) is 10.2. The van der Waals surface area contributed by atoms with Crippen molar-refractivity contribution in [1.29, 1.82) is 0 Å². The van der Waals surface area contributed by atoms with Crippen molar-refractivity contribution in [3.63, 3.8) is 0 Å². The number of carbonyl (C=O) groups excluding carboxylic acids is 2. The summed E-state index contributed by atoms with van der Waals surface area (Å²) in [5.74, 6) is 0. The lowest BCUT2D eigenvalue weighted by atomic mass is 10.1. The van der Waals surface area contributed by atoms with Crippen LogP contribution in [0.1, 0.15) is 12.5 Å². The Labute approximate surface area is 133 Å². The standard InChI is InChI=1S/C9H6N2O2.C3H8O3.C3H6O/c1-7-8(10-5-12)3-2-4-9(7)11-6-13;4-1-3(6)2-5;1-3-2-4-3/h2-4H,1H3;3-6H,1-2H2;3H,2H2,1H3. The third-order valence-corrected chi connectivity index (χ3v) is 2.53. The first-order valence-electron chi connectivity index (χ1n) is 6.76. The maximum atomic E-state index is 10.00. The fraction of sp³-hybridized carbons (Fsp3) is 0.467. The minimum atomic E-state index is -0.954. The van der Waals surface area contributed by atoms with Gasteiger partial charge in [-0.1, -0.05) is 6.07 Å². The zero-order valence-corrected chi connectivity index (χ0v) is 13.0. The van der Waals surface area contributed by atoms with E-state index in [1.54, 1.807) is 25.1 Å². The van der Waals surface area contributed by atoms with Crippen LogP contribution in [0, 0.1) is 6.92 Å². The normalized spacial score (nSPS) is 14.3. The Bertz CT molecular complexity index is 521. The molecule has 0 spiro atoms. The van der Waals surface area contributed by atoms with Gasteiger partial charge < -0.3 is 20.1 Å². The number of rotatable bonds is 4. The van der Waals surface area contributed by atoms with Gasteiger partial charge in [0.15, 0.2) is 0 Å². The molecule has 8 heteroatoms. The number of ether oxygens (including phenoxy) is 1. The zero-order chi connectivity index (χ0) is 17.7. The Kier molecular flexibility index (Phi) is 11.2. The first-order chi connectivity index (χ1) is 11.0. The molecule has 0 amide bonds. The fourth-order valence-electron chi connectivity index (χ4n) is 1.11. The van der Waals surface area contributed by atoms with E-state index >= 15 is 0 Å². The molecule has 3 N–H and O–H groups in total. The molecule has 0 bridgehead atoms. The summed E-state index contributed by atoms with van der Waals surface area (Å²) in [6.45, 7) is 4.03. The number of aliphatic hydroxyl groups is 3. The van der Waals surface area contributed by atoms with Crippen molar-refractivity contribution >= 4 is 23.5 Å². The molecule has 1 aromatic carbocycles. The van der Waals surface area contributed by atoms with Gasteiger partial charge in [0.05, 0.1) is 37.3 Å². The van der Waals surface area contributed by atoms with E-state index in [-0.39, 0.29) is 13.2 Å². The maximum absolute atomic E-state index is 10.00. The highest BCUT2D eigenvalue weighted by Gasteiger charge is 2.13. The predicted molar refractivity (Wildman–Crippen MR) is 82.3 cm³/mol. The van der Waals surface area contributed by atoms with Gasteiger partial charge in [0.1, 0.15) is 6.10 Å². The van der Waals surface area contributed by atoms with E-state index in [2.05, 4.69) is 16.9 Å². The van der Waals surface area contributed by atoms with Gasteiger partial charge in [0.25, 0.3) is 0 Å². The maximum Gasteiger partial charge on any atom is 0.240 e. The van der Waals surface area contributed by atoms with Crippen LogP contribution in [0.25, 0.3) is 0 Å². The highest BCUT2D eigenvalue weighted by molar-refractivity contribution is 5.64. The second-order valence-electron chi connectivity index (χ2n) is 4.49. The van der Waals surface area contributed by atoms with E-state index in [0.29, 0.717) is 23.0 Å². The summed E-state index contributed by atoms with van der Waals surface area (Å²) in [6.07, 6.45) is 2.49. The smallest absolute Gasteiger partial charge is 0.240 e. The molecule has 8 nitrogen and oxygen atoms in total. The van der Waals surface area contributed by atoms with Crippen molar-refractivity contribution in [1.82, 2.24) is 0 Å². The van der Waals surface area contributed by atoms with Crippen LogP contribution in [-0.2, 0) is 14.3 Å². The predicted octanol–water partition coefficient (Wildman–Crippen LogP) is 0.667. The highest BCUT2D eigenvalue weighted by atomic mass is 16.6. The molecule has 1 atom stereocenters. The van der Waals surface area contributed by atoms with Crippen LogP contribution in [0.15, 0.2) is 28.2 Å². The number of nitrogens with zero attached hydrogens (tertiary/aromatic N) is 2. The summed E-state index contributed by atoms with van der Waals surface area (Å²) < 4.78 is 4.71. The van der Waals surface area contributed by atoms with E-state index in [1.807, 2.05) is 0 Å². The molecule has 1 aromatic rings. The molecule has 2 rings (SSSR count). The van der Waals surface area contributed by atoms with Gasteiger partial charge in [0, 0.05) is 5.56 Å². The average Bonchev–Trinajstić information content (AvgIpc) is 3.34. The van der Waals surface area contributed by atoms with Crippen LogP contribution in [0.4, 0.5) is 11.4 Å². The van der Waals surface area contributed by atoms with Crippen molar-refractivity contribution in [2.75, 3.05) is 19.8 Å². The Morgan fingerprint density at radius 1 is 1.22 bits per heavy atom. The Morgan fingerprint density at radius 3 is 1.83 bits per heavy atom. The van der Waals surface area contributed by atoms with Crippen molar-refractivity contribution in [3.05, 3.63) is 23.8 Å². The average molecular weight is 324 g/mol. The lowest BCUT2D eigenvalue weighted by Crippen LogP contribution is -2.15. The minimum Gasteiger partial charge on any atom is -0.394 e. The number of benzene rings is 1. The fourth-order valence-corrected chi connectivity index (χ4v) is 1.11. The van der Waals surface area contributed by atoms with Gasteiger partial charge >= 0.3 is 0 Å². The largest absolute Gasteiger partial charge is 0.394 e. The first kappa shape index (κ1) is 20.8. The molecule has 1 saturated heterocycles. The van der Waals surface area contributed by atoms with Crippen LogP contribution in [0.3, 0.4) is 0 Å². The van der Waals surface area contributed by atoms with Crippen LogP contribution in [0.2, 0.25) is 0 Å². The van der Waals surface area contributed by atoms with Crippen LogP contribution >= 0.6 is 0 Å². The molecule has 1 fully saturated rings. The quantitative estimate of drug-likeness (QED) is 0.423. The molecule has 1 aliphatic heterocycles. The number of hydrogen-bond acceptors (Lipinski definition) is 8. The lowest BCUT2D eigenvalue weighted by molar-refractivity contribution is 0.0450. The van der Waals surface area contributed by atoms with Crippen LogP contribution in [0.5, 0.6) is 0 Å². The second-order valence-corrected chi connectivity index (χ2v) is 4.49. The summed E-state index contributed by atoms with van der Waals surface area (Å²) in [5, 5.41) is 24.0. The van der Waals surface area contributed by atoms with Crippen molar-refractivity contribution < 1.29 is 29.6 Å². The van der Waals surface area contributed by atoms with Crippen molar-refractivity contribution in [2.24, 2.45) is 9.98 Å². The van der Waals surface area contributed by atoms with Gasteiger partial charge in [-0.2, -0.15) is 9.98 Å². The summed E-state index contributed by atoms with van der Waals surface area (Å²) in [6, 6.07) is 4.94. The lowest BCUT2D eigenvalue weighted by Gasteiger charge is -1.99. The second kappa shape index (κ2) is 12.4. The Hall–Kier alpha value is -2.18. The van der Waals surface area contributed by atoms with E-state index in [0.717, 1.165) is 6.61 Å². The first-order valence-corrected chi connectivity index (χ1v) is 6.76. The van der Waals surface area contributed by atoms with E-state index in [1.165, 1.54) is 12.2 Å². The number of hydrogen-bond donors (Lipinski definition) is 3. The van der Waals surface area contributed by atoms with E-state index < -0.39 is 6.10 Å². The monoisotopic (exact) mass is 324 g/mol. The molecule has 0 aromatic heterocycles. The minimum absolute atomic E-state index is 0.365. The van der Waals surface area contributed by atoms with Gasteiger partial charge in [-0.25, -0.2) is 9.59 Å². The van der Waals surface area contributed by atoms with Gasteiger partial charge in [-0.05, 0) is 26.0 Å². The zero-order valence-electron chi connectivity index (χ0n) is 13.0. The third-order valence-electron chi connectivity index (χ3n) is 2.53. The van der Waals surface area contributed by atoms with Crippen LogP contribution < -0.4 is 0 Å². The number of aliphatic hydroxyl groups excluding tert-OH is 3. The molecule has 0 radical (unpaired) electrons. The van der Waals surface area contributed by atoms with Crippen LogP contribution in [-0.4, -0.2) is 59.5 Å².